The van der Waals surface area contributed by atoms with Crippen molar-refractivity contribution in [1.82, 2.24) is 10.0 Å². The molecule has 21 heavy (non-hydrogen) atoms. The Labute approximate surface area is 124 Å². The molecule has 1 rings (SSSR count). The van der Waals surface area contributed by atoms with E-state index in [1.54, 1.807) is 6.92 Å². The summed E-state index contributed by atoms with van der Waals surface area (Å²) in [7, 11) is -3.40. The van der Waals surface area contributed by atoms with Crippen LogP contribution in [0.4, 0.5) is 0 Å². The third kappa shape index (κ3) is 4.55. The van der Waals surface area contributed by atoms with Crippen molar-refractivity contribution in [2.75, 3.05) is 32.1 Å². The van der Waals surface area contributed by atoms with Gasteiger partial charge in [0, 0.05) is 26.3 Å². The minimum Gasteiger partial charge on any atom is -0.409 e. The molecule has 0 aromatic carbocycles. The highest BCUT2D eigenvalue weighted by Gasteiger charge is 2.44. The first kappa shape index (κ1) is 17.7. The summed E-state index contributed by atoms with van der Waals surface area (Å²) in [6.07, 6.45) is 0.573. The van der Waals surface area contributed by atoms with Gasteiger partial charge in [0.15, 0.2) is 5.84 Å². The Kier molecular flexibility index (Phi) is 6.37. The second-order valence-corrected chi connectivity index (χ2v) is 6.68. The van der Waals surface area contributed by atoms with Crippen LogP contribution in [0.5, 0.6) is 0 Å². The summed E-state index contributed by atoms with van der Waals surface area (Å²) < 4.78 is 30.5. The quantitative estimate of drug-likeness (QED) is 0.196. The van der Waals surface area contributed by atoms with Gasteiger partial charge in [-0.15, -0.1) is 0 Å². The van der Waals surface area contributed by atoms with Crippen molar-refractivity contribution >= 4 is 21.8 Å². The zero-order valence-electron chi connectivity index (χ0n) is 12.0. The van der Waals surface area contributed by atoms with Crippen molar-refractivity contribution in [3.8, 4) is 0 Å². The van der Waals surface area contributed by atoms with Crippen molar-refractivity contribution in [2.45, 2.75) is 19.8 Å². The zero-order chi connectivity index (χ0) is 15.9. The number of nitrogens with two attached hydrogens (primary N) is 1. The summed E-state index contributed by atoms with van der Waals surface area (Å²) in [5.41, 5.74) is 4.50. The first-order valence-corrected chi connectivity index (χ1v) is 8.34. The lowest BCUT2D eigenvalue weighted by atomic mass is 9.78. The van der Waals surface area contributed by atoms with Crippen LogP contribution in [0.3, 0.4) is 0 Å². The van der Waals surface area contributed by atoms with Crippen LogP contribution < -0.4 is 15.8 Å². The molecule has 0 atom stereocenters. The van der Waals surface area contributed by atoms with E-state index in [0.717, 1.165) is 0 Å². The van der Waals surface area contributed by atoms with Crippen molar-refractivity contribution in [1.29, 1.82) is 0 Å². The maximum Gasteiger partial charge on any atom is 0.234 e. The van der Waals surface area contributed by atoms with Crippen molar-refractivity contribution < 1.29 is 23.2 Å². The molecule has 1 aliphatic heterocycles. The molecule has 0 unspecified atom stereocenters. The fraction of sp³-hybridized carbons (Fsp3) is 0.818. The van der Waals surface area contributed by atoms with E-state index in [4.69, 9.17) is 15.7 Å². The number of hydrogen-bond donors (Lipinski definition) is 4. The number of amides is 1. The number of oxime groups is 1. The first-order chi connectivity index (χ1) is 9.88. The van der Waals surface area contributed by atoms with Crippen LogP contribution in [0.25, 0.3) is 0 Å². The van der Waals surface area contributed by atoms with Gasteiger partial charge in [-0.2, -0.15) is 0 Å². The fourth-order valence-corrected chi connectivity index (χ4v) is 3.13. The number of rotatable bonds is 7. The molecule has 10 heteroatoms. The Balaban J connectivity index is 2.67. The zero-order valence-corrected chi connectivity index (χ0v) is 12.8. The van der Waals surface area contributed by atoms with Gasteiger partial charge in [-0.1, -0.05) is 12.1 Å². The summed E-state index contributed by atoms with van der Waals surface area (Å²) in [5.74, 6) is -0.861. The van der Waals surface area contributed by atoms with E-state index < -0.39 is 21.3 Å². The second kappa shape index (κ2) is 7.57. The number of carbonyl (C=O) groups excluding carboxylic acids is 1. The van der Waals surface area contributed by atoms with Gasteiger partial charge in [-0.3, -0.25) is 4.79 Å². The average molecular weight is 322 g/mol. The lowest BCUT2D eigenvalue weighted by molar-refractivity contribution is -0.131. The minimum absolute atomic E-state index is 0.0461. The van der Waals surface area contributed by atoms with Crippen LogP contribution in [-0.4, -0.2) is 57.4 Å². The monoisotopic (exact) mass is 322 g/mol. The molecule has 122 valence electrons. The normalized spacial score (nSPS) is 19.2. The molecule has 0 aromatic heterocycles. The van der Waals surface area contributed by atoms with Crippen LogP contribution in [-0.2, 0) is 19.6 Å². The molecule has 1 amide bonds. The summed E-state index contributed by atoms with van der Waals surface area (Å²) in [5, 5.41) is 14.3. The molecular formula is C11H22N4O5S. The van der Waals surface area contributed by atoms with Crippen molar-refractivity contribution in [2.24, 2.45) is 16.3 Å². The largest absolute Gasteiger partial charge is 0.409 e. The van der Waals surface area contributed by atoms with Gasteiger partial charge in [-0.25, -0.2) is 13.1 Å². The summed E-state index contributed by atoms with van der Waals surface area (Å²) in [4.78, 5) is 12.3. The first-order valence-electron chi connectivity index (χ1n) is 6.69. The van der Waals surface area contributed by atoms with Gasteiger partial charge in [0.25, 0.3) is 0 Å². The molecule has 0 bridgehead atoms. The van der Waals surface area contributed by atoms with E-state index in [9.17, 15) is 13.2 Å². The molecule has 0 radical (unpaired) electrons. The summed E-state index contributed by atoms with van der Waals surface area (Å²) in [6.45, 7) is 2.56. The molecule has 5 N–H and O–H groups in total. The summed E-state index contributed by atoms with van der Waals surface area (Å²) >= 11 is 0. The predicted molar refractivity (Wildman–Crippen MR) is 76.4 cm³/mol. The van der Waals surface area contributed by atoms with E-state index in [-0.39, 0.29) is 31.0 Å². The predicted octanol–water partition coefficient (Wildman–Crippen LogP) is -1.41. The van der Waals surface area contributed by atoms with Gasteiger partial charge in [0.1, 0.15) is 5.41 Å². The van der Waals surface area contributed by atoms with Gasteiger partial charge >= 0.3 is 0 Å². The number of hydrogen-bond acceptors (Lipinski definition) is 6. The van der Waals surface area contributed by atoms with E-state index in [1.165, 1.54) is 0 Å². The molecule has 9 nitrogen and oxygen atoms in total. The smallest absolute Gasteiger partial charge is 0.234 e. The SMILES string of the molecule is CCNS(=O)(=O)CCNC(=O)C1(C(N)=NO)CCOCC1. The Bertz CT molecular complexity index is 485. The van der Waals surface area contributed by atoms with E-state index in [2.05, 4.69) is 15.2 Å². The number of sulfonamides is 1. The average Bonchev–Trinajstić information content (AvgIpc) is 2.46. The topological polar surface area (TPSA) is 143 Å². The highest BCUT2D eigenvalue weighted by Crippen LogP contribution is 2.31. The Morgan fingerprint density at radius 2 is 2.05 bits per heavy atom. The standard InChI is InChI=1S/C11H22N4O5S/c1-2-14-21(18,19)8-5-13-10(16)11(9(12)15-17)3-6-20-7-4-11/h14,17H,2-8H2,1H3,(H2,12,15)(H,13,16). The van der Waals surface area contributed by atoms with Crippen LogP contribution in [0.1, 0.15) is 19.8 Å². The van der Waals surface area contributed by atoms with Gasteiger partial charge in [0.05, 0.1) is 5.75 Å². The van der Waals surface area contributed by atoms with Crippen LogP contribution >= 0.6 is 0 Å². The lowest BCUT2D eigenvalue weighted by Gasteiger charge is -2.34. The van der Waals surface area contributed by atoms with Gasteiger partial charge in [0.2, 0.25) is 15.9 Å². The third-order valence-electron chi connectivity index (χ3n) is 3.40. The number of carbonyl (C=O) groups is 1. The molecule has 0 spiro atoms. The molecule has 0 aliphatic carbocycles. The lowest BCUT2D eigenvalue weighted by Crippen LogP contribution is -2.53. The number of amidine groups is 1. The maximum atomic E-state index is 12.3. The highest BCUT2D eigenvalue weighted by molar-refractivity contribution is 7.89. The molecular weight excluding hydrogens is 300 g/mol. The number of ether oxygens (including phenoxy) is 1. The maximum absolute atomic E-state index is 12.3. The van der Waals surface area contributed by atoms with Gasteiger partial charge < -0.3 is 21.0 Å². The molecule has 1 fully saturated rings. The Morgan fingerprint density at radius 3 is 2.57 bits per heavy atom. The van der Waals surface area contributed by atoms with Crippen LogP contribution in [0.15, 0.2) is 5.16 Å². The summed E-state index contributed by atoms with van der Waals surface area (Å²) in [6, 6.07) is 0. The Morgan fingerprint density at radius 1 is 1.43 bits per heavy atom. The van der Waals surface area contributed by atoms with Crippen molar-refractivity contribution in [3.05, 3.63) is 0 Å². The van der Waals surface area contributed by atoms with Gasteiger partial charge in [-0.05, 0) is 12.8 Å². The Hall–Kier alpha value is -1.39. The second-order valence-electron chi connectivity index (χ2n) is 4.75. The van der Waals surface area contributed by atoms with Crippen molar-refractivity contribution in [3.63, 3.8) is 0 Å². The molecule has 1 heterocycles. The fourth-order valence-electron chi connectivity index (χ4n) is 2.18. The third-order valence-corrected chi connectivity index (χ3v) is 4.87. The number of nitrogens with zero attached hydrogens (tertiary/aromatic N) is 1. The molecule has 1 aliphatic rings. The van der Waals surface area contributed by atoms with E-state index in [0.29, 0.717) is 19.8 Å². The highest BCUT2D eigenvalue weighted by atomic mass is 32.2. The molecule has 0 saturated carbocycles. The van der Waals surface area contributed by atoms with E-state index in [1.807, 2.05) is 0 Å². The van der Waals surface area contributed by atoms with E-state index >= 15 is 0 Å². The molecule has 0 aromatic rings. The van der Waals surface area contributed by atoms with Crippen LogP contribution in [0, 0.1) is 5.41 Å². The number of nitrogens with one attached hydrogen (secondary N) is 2. The van der Waals surface area contributed by atoms with Crippen LogP contribution in [0.2, 0.25) is 0 Å². The molecule has 1 saturated heterocycles. The minimum atomic E-state index is -3.40.